The van der Waals surface area contributed by atoms with Gasteiger partial charge in [0.25, 0.3) is 0 Å². The summed E-state index contributed by atoms with van der Waals surface area (Å²) >= 11 is 6.04. The first kappa shape index (κ1) is 12.9. The molecule has 0 bridgehead atoms. The molecule has 6 heteroatoms. The van der Waals surface area contributed by atoms with Gasteiger partial charge >= 0.3 is 0 Å². The first-order valence-corrected chi connectivity index (χ1v) is 6.48. The number of aromatic nitrogens is 4. The second-order valence-electron chi connectivity index (χ2n) is 4.56. The monoisotopic (exact) mass is 288 g/mol. The molecule has 20 heavy (non-hydrogen) atoms. The molecule has 102 valence electrons. The van der Waals surface area contributed by atoms with E-state index in [0.717, 1.165) is 11.0 Å². The van der Waals surface area contributed by atoms with Gasteiger partial charge < -0.3 is 4.74 Å². The lowest BCUT2D eigenvalue weighted by Gasteiger charge is -2.10. The van der Waals surface area contributed by atoms with E-state index in [1.54, 1.807) is 13.4 Å². The fraction of sp³-hybridized carbons (Fsp3) is 0.214. The zero-order valence-corrected chi connectivity index (χ0v) is 12.1. The predicted octanol–water partition coefficient (Wildman–Crippen LogP) is 3.09. The molecule has 3 aromatic rings. The summed E-state index contributed by atoms with van der Waals surface area (Å²) in [7, 11) is 1.54. The van der Waals surface area contributed by atoms with Crippen molar-refractivity contribution in [2.75, 3.05) is 7.11 Å². The zero-order valence-electron chi connectivity index (χ0n) is 11.4. The Morgan fingerprint density at radius 1 is 1.10 bits per heavy atom. The van der Waals surface area contributed by atoms with Crippen LogP contribution in [-0.4, -0.2) is 26.6 Å². The van der Waals surface area contributed by atoms with E-state index in [1.165, 1.54) is 17.5 Å². The van der Waals surface area contributed by atoms with Gasteiger partial charge in [0.2, 0.25) is 0 Å². The van der Waals surface area contributed by atoms with Crippen molar-refractivity contribution >= 4 is 22.6 Å². The molecule has 0 saturated carbocycles. The Bertz CT molecular complexity index is 797. The topological polar surface area (TPSA) is 52.8 Å². The molecule has 0 spiro atoms. The van der Waals surface area contributed by atoms with Crippen LogP contribution >= 0.6 is 11.6 Å². The van der Waals surface area contributed by atoms with Crippen LogP contribution in [0.2, 0.25) is 5.15 Å². The van der Waals surface area contributed by atoms with Crippen LogP contribution in [0.5, 0.6) is 5.75 Å². The number of hydrogen-bond acceptors (Lipinski definition) is 4. The van der Waals surface area contributed by atoms with Gasteiger partial charge in [-0.2, -0.15) is 0 Å². The van der Waals surface area contributed by atoms with E-state index in [1.807, 2.05) is 4.57 Å². The van der Waals surface area contributed by atoms with Crippen molar-refractivity contribution in [2.24, 2.45) is 0 Å². The molecule has 1 aromatic carbocycles. The van der Waals surface area contributed by atoms with Crippen molar-refractivity contribution < 1.29 is 4.74 Å². The number of fused-ring (bicyclic) bond motifs is 1. The average molecular weight is 289 g/mol. The van der Waals surface area contributed by atoms with Gasteiger partial charge in [-0.05, 0) is 37.1 Å². The van der Waals surface area contributed by atoms with Crippen molar-refractivity contribution in [1.29, 1.82) is 0 Å². The zero-order chi connectivity index (χ0) is 14.3. The van der Waals surface area contributed by atoms with Crippen LogP contribution in [0, 0.1) is 13.8 Å². The molecular weight excluding hydrogens is 276 g/mol. The Kier molecular flexibility index (Phi) is 3.06. The summed E-state index contributed by atoms with van der Waals surface area (Å²) in [6.07, 6.45) is 3.12. The number of halogens is 1. The highest BCUT2D eigenvalue weighted by atomic mass is 35.5. The normalized spacial score (nSPS) is 11.0. The summed E-state index contributed by atoms with van der Waals surface area (Å²) in [5, 5.41) is 0.281. The van der Waals surface area contributed by atoms with Gasteiger partial charge in [0.05, 0.1) is 18.1 Å². The van der Waals surface area contributed by atoms with Gasteiger partial charge in [-0.25, -0.2) is 15.0 Å². The third-order valence-electron chi connectivity index (χ3n) is 3.34. The lowest BCUT2D eigenvalue weighted by Crippen LogP contribution is -2.01. The third kappa shape index (κ3) is 1.91. The second-order valence-corrected chi connectivity index (χ2v) is 4.92. The van der Waals surface area contributed by atoms with Crippen LogP contribution in [-0.2, 0) is 0 Å². The largest absolute Gasteiger partial charge is 0.490 e. The van der Waals surface area contributed by atoms with Crippen LogP contribution < -0.4 is 4.74 Å². The molecule has 0 amide bonds. The Labute approximate surface area is 121 Å². The molecular formula is C14H13ClN4O. The van der Waals surface area contributed by atoms with E-state index < -0.39 is 0 Å². The molecule has 2 heterocycles. The van der Waals surface area contributed by atoms with Crippen LogP contribution in [0.15, 0.2) is 24.8 Å². The first-order valence-electron chi connectivity index (χ1n) is 6.11. The summed E-state index contributed by atoms with van der Waals surface area (Å²) in [5.74, 6) is 1.02. The molecule has 0 aliphatic heterocycles. The van der Waals surface area contributed by atoms with Crippen LogP contribution in [0.3, 0.4) is 0 Å². The summed E-state index contributed by atoms with van der Waals surface area (Å²) in [5.41, 5.74) is 4.26. The maximum Gasteiger partial charge on any atom is 0.199 e. The number of nitrogens with zero attached hydrogens (tertiary/aromatic N) is 4. The highest BCUT2D eigenvalue weighted by Crippen LogP contribution is 2.30. The second kappa shape index (κ2) is 4.76. The number of methoxy groups -OCH3 is 1. The van der Waals surface area contributed by atoms with E-state index in [4.69, 9.17) is 16.3 Å². The quantitative estimate of drug-likeness (QED) is 0.680. The Morgan fingerprint density at radius 3 is 2.60 bits per heavy atom. The molecule has 5 nitrogen and oxygen atoms in total. The van der Waals surface area contributed by atoms with E-state index >= 15 is 0 Å². The van der Waals surface area contributed by atoms with Crippen molar-refractivity contribution in [2.45, 2.75) is 13.8 Å². The fourth-order valence-electron chi connectivity index (χ4n) is 2.12. The Balaban J connectivity index is 2.30. The lowest BCUT2D eigenvalue weighted by atomic mass is 10.1. The molecule has 0 unspecified atom stereocenters. The highest BCUT2D eigenvalue weighted by molar-refractivity contribution is 6.31. The van der Waals surface area contributed by atoms with E-state index in [0.29, 0.717) is 11.6 Å². The lowest BCUT2D eigenvalue weighted by molar-refractivity contribution is 0.409. The molecule has 0 fully saturated rings. The number of ether oxygens (including phenoxy) is 1. The summed E-state index contributed by atoms with van der Waals surface area (Å²) < 4.78 is 7.15. The van der Waals surface area contributed by atoms with Gasteiger partial charge in [-0.1, -0.05) is 11.6 Å². The standard InChI is InChI=1S/C14H13ClN4O/c1-8-4-10-11(5-9(8)2)19(7-18-10)14-12(20-3)13(15)16-6-17-14/h4-7H,1-3H3. The molecule has 0 aliphatic carbocycles. The smallest absolute Gasteiger partial charge is 0.199 e. The molecule has 0 saturated heterocycles. The van der Waals surface area contributed by atoms with Crippen molar-refractivity contribution in [3.63, 3.8) is 0 Å². The minimum Gasteiger partial charge on any atom is -0.490 e. The molecule has 0 aliphatic rings. The molecule has 0 atom stereocenters. The first-order chi connectivity index (χ1) is 9.61. The maximum absolute atomic E-state index is 6.04. The number of benzene rings is 1. The van der Waals surface area contributed by atoms with Crippen LogP contribution in [0.4, 0.5) is 0 Å². The van der Waals surface area contributed by atoms with Crippen LogP contribution in [0.25, 0.3) is 16.9 Å². The maximum atomic E-state index is 6.04. The summed E-state index contributed by atoms with van der Waals surface area (Å²) in [4.78, 5) is 12.6. The van der Waals surface area contributed by atoms with Gasteiger partial charge in [0, 0.05) is 0 Å². The SMILES string of the molecule is COc1c(Cl)ncnc1-n1cnc2cc(C)c(C)cc21. The third-order valence-corrected chi connectivity index (χ3v) is 3.61. The summed E-state index contributed by atoms with van der Waals surface area (Å²) in [6, 6.07) is 4.13. The van der Waals surface area contributed by atoms with E-state index in [2.05, 4.69) is 40.9 Å². The van der Waals surface area contributed by atoms with Crippen LogP contribution in [0.1, 0.15) is 11.1 Å². The summed E-state index contributed by atoms with van der Waals surface area (Å²) in [6.45, 7) is 4.13. The fourth-order valence-corrected chi connectivity index (χ4v) is 2.33. The van der Waals surface area contributed by atoms with E-state index in [-0.39, 0.29) is 5.15 Å². The molecule has 0 radical (unpaired) electrons. The van der Waals surface area contributed by atoms with Crippen molar-refractivity contribution in [1.82, 2.24) is 19.5 Å². The minimum absolute atomic E-state index is 0.281. The van der Waals surface area contributed by atoms with Gasteiger partial charge in [-0.15, -0.1) is 0 Å². The number of aryl methyl sites for hydroxylation is 2. The number of rotatable bonds is 2. The highest BCUT2D eigenvalue weighted by Gasteiger charge is 2.15. The molecule has 2 aromatic heterocycles. The predicted molar refractivity (Wildman–Crippen MR) is 77.7 cm³/mol. The van der Waals surface area contributed by atoms with Gasteiger partial charge in [0.15, 0.2) is 16.7 Å². The van der Waals surface area contributed by atoms with Gasteiger partial charge in [-0.3, -0.25) is 4.57 Å². The molecule has 0 N–H and O–H groups in total. The number of hydrogen-bond donors (Lipinski definition) is 0. The van der Waals surface area contributed by atoms with Crippen molar-refractivity contribution in [3.05, 3.63) is 41.1 Å². The van der Waals surface area contributed by atoms with E-state index in [9.17, 15) is 0 Å². The van der Waals surface area contributed by atoms with Crippen molar-refractivity contribution in [3.8, 4) is 11.6 Å². The minimum atomic E-state index is 0.281. The number of imidazole rings is 1. The average Bonchev–Trinajstić information content (AvgIpc) is 2.81. The Hall–Kier alpha value is -2.14. The van der Waals surface area contributed by atoms with Gasteiger partial charge in [0.1, 0.15) is 12.7 Å². The molecule has 3 rings (SSSR count). The Morgan fingerprint density at radius 2 is 1.85 bits per heavy atom.